The number of hydrogen-bond acceptors (Lipinski definition) is 4. The SMILES string of the molecule is Cc1cc(-c2cc(C)c(O)c(C)c2)cc(CC2CO2)c1C.OCC1CO1. The Hall–Kier alpha value is -1.88. The van der Waals surface area contributed by atoms with E-state index in [0.29, 0.717) is 11.9 Å². The number of benzene rings is 2. The molecular formula is C22H28O4. The van der Waals surface area contributed by atoms with Crippen LogP contribution in [-0.2, 0) is 15.9 Å². The number of aliphatic hydroxyl groups is 1. The van der Waals surface area contributed by atoms with Gasteiger partial charge in [0.05, 0.1) is 25.9 Å². The average Bonchev–Trinajstić information content (AvgIpc) is 3.51. The van der Waals surface area contributed by atoms with Gasteiger partial charge in [0.15, 0.2) is 0 Å². The maximum Gasteiger partial charge on any atom is 0.121 e. The van der Waals surface area contributed by atoms with Crippen LogP contribution < -0.4 is 0 Å². The lowest BCUT2D eigenvalue weighted by molar-refractivity contribution is 0.244. The molecule has 2 atom stereocenters. The lowest BCUT2D eigenvalue weighted by Crippen LogP contribution is -1.99. The van der Waals surface area contributed by atoms with Crippen molar-refractivity contribution in [2.45, 2.75) is 46.3 Å². The van der Waals surface area contributed by atoms with Crippen molar-refractivity contribution in [3.63, 3.8) is 0 Å². The van der Waals surface area contributed by atoms with Crippen LogP contribution in [0.4, 0.5) is 0 Å². The average molecular weight is 356 g/mol. The number of rotatable bonds is 4. The Balaban J connectivity index is 0.000000339. The van der Waals surface area contributed by atoms with Crippen molar-refractivity contribution in [2.24, 2.45) is 0 Å². The van der Waals surface area contributed by atoms with E-state index in [-0.39, 0.29) is 12.7 Å². The monoisotopic (exact) mass is 356 g/mol. The van der Waals surface area contributed by atoms with Crippen LogP contribution in [-0.4, -0.2) is 42.2 Å². The van der Waals surface area contributed by atoms with E-state index in [9.17, 15) is 5.11 Å². The molecule has 2 unspecified atom stereocenters. The minimum atomic E-state index is 0.190. The number of phenols is 1. The molecule has 2 aliphatic rings. The third kappa shape index (κ3) is 4.64. The zero-order valence-electron chi connectivity index (χ0n) is 16.0. The molecule has 4 heteroatoms. The number of aryl methyl sites for hydroxylation is 3. The Morgan fingerprint density at radius 2 is 1.35 bits per heavy atom. The van der Waals surface area contributed by atoms with Gasteiger partial charge in [-0.3, -0.25) is 0 Å². The highest BCUT2D eigenvalue weighted by Gasteiger charge is 2.24. The molecule has 0 spiro atoms. The van der Waals surface area contributed by atoms with Crippen LogP contribution in [0.5, 0.6) is 5.75 Å². The highest BCUT2D eigenvalue weighted by molar-refractivity contribution is 5.69. The highest BCUT2D eigenvalue weighted by Crippen LogP contribution is 2.32. The van der Waals surface area contributed by atoms with Gasteiger partial charge in [0.1, 0.15) is 11.9 Å². The quantitative estimate of drug-likeness (QED) is 0.822. The second kappa shape index (κ2) is 7.78. The topological polar surface area (TPSA) is 65.5 Å². The normalized spacial score (nSPS) is 20.3. The third-order valence-electron chi connectivity index (χ3n) is 5.06. The lowest BCUT2D eigenvalue weighted by atomic mass is 9.92. The predicted octanol–water partition coefficient (Wildman–Crippen LogP) is 3.61. The van der Waals surface area contributed by atoms with Crippen molar-refractivity contribution >= 4 is 0 Å². The number of epoxide rings is 2. The van der Waals surface area contributed by atoms with Gasteiger partial charge in [-0.2, -0.15) is 0 Å². The molecule has 140 valence electrons. The summed E-state index contributed by atoms with van der Waals surface area (Å²) in [5.74, 6) is 0.397. The van der Waals surface area contributed by atoms with Gasteiger partial charge in [0, 0.05) is 6.42 Å². The van der Waals surface area contributed by atoms with E-state index in [1.807, 2.05) is 13.8 Å². The zero-order chi connectivity index (χ0) is 18.8. The standard InChI is InChI=1S/C19H22O2.C3H6O2/c1-11-5-17(8-15(14(11)4)9-18-10-21-18)16-6-12(2)19(20)13(3)7-16;4-1-3-2-5-3/h5-8,18,20H,9-10H2,1-4H3;3-4H,1-2H2. The van der Waals surface area contributed by atoms with Crippen LogP contribution in [0.15, 0.2) is 24.3 Å². The summed E-state index contributed by atoms with van der Waals surface area (Å²) in [5, 5.41) is 18.0. The minimum absolute atomic E-state index is 0.190. The molecule has 0 amide bonds. The molecule has 0 radical (unpaired) electrons. The molecular weight excluding hydrogens is 328 g/mol. The molecule has 0 aliphatic carbocycles. The van der Waals surface area contributed by atoms with Crippen molar-refractivity contribution in [3.05, 3.63) is 52.1 Å². The second-order valence-electron chi connectivity index (χ2n) is 7.33. The predicted molar refractivity (Wildman–Crippen MR) is 103 cm³/mol. The van der Waals surface area contributed by atoms with E-state index >= 15 is 0 Å². The second-order valence-corrected chi connectivity index (χ2v) is 7.33. The number of hydrogen-bond donors (Lipinski definition) is 2. The fourth-order valence-electron chi connectivity index (χ4n) is 3.04. The van der Waals surface area contributed by atoms with Gasteiger partial charge in [-0.25, -0.2) is 0 Å². The first-order valence-corrected chi connectivity index (χ1v) is 9.13. The number of aliphatic hydroxyl groups excluding tert-OH is 1. The van der Waals surface area contributed by atoms with Crippen molar-refractivity contribution < 1.29 is 19.7 Å². The molecule has 2 saturated heterocycles. The molecule has 2 aromatic rings. The van der Waals surface area contributed by atoms with E-state index in [2.05, 4.69) is 42.8 Å². The zero-order valence-corrected chi connectivity index (χ0v) is 16.0. The van der Waals surface area contributed by atoms with Crippen molar-refractivity contribution in [1.29, 1.82) is 0 Å². The Bertz CT molecular complexity index is 766. The minimum Gasteiger partial charge on any atom is -0.507 e. The van der Waals surface area contributed by atoms with Gasteiger partial charge in [-0.1, -0.05) is 12.1 Å². The summed E-state index contributed by atoms with van der Waals surface area (Å²) in [6, 6.07) is 8.63. The summed E-state index contributed by atoms with van der Waals surface area (Å²) < 4.78 is 9.98. The van der Waals surface area contributed by atoms with E-state index in [0.717, 1.165) is 30.8 Å². The molecule has 4 rings (SSSR count). The smallest absolute Gasteiger partial charge is 0.121 e. The summed E-state index contributed by atoms with van der Waals surface area (Å²) in [7, 11) is 0. The summed E-state index contributed by atoms with van der Waals surface area (Å²) in [4.78, 5) is 0. The summed E-state index contributed by atoms with van der Waals surface area (Å²) in [6.45, 7) is 10.1. The molecule has 0 aromatic heterocycles. The molecule has 0 saturated carbocycles. The molecule has 2 heterocycles. The Morgan fingerprint density at radius 1 is 0.846 bits per heavy atom. The summed E-state index contributed by atoms with van der Waals surface area (Å²) in [6.07, 6.45) is 1.59. The first-order chi connectivity index (χ1) is 12.4. The van der Waals surface area contributed by atoms with Crippen molar-refractivity contribution in [1.82, 2.24) is 0 Å². The van der Waals surface area contributed by atoms with Crippen LogP contribution in [0.1, 0.15) is 27.8 Å². The van der Waals surface area contributed by atoms with Crippen molar-refractivity contribution in [3.8, 4) is 16.9 Å². The van der Waals surface area contributed by atoms with Crippen LogP contribution in [0, 0.1) is 27.7 Å². The van der Waals surface area contributed by atoms with Crippen LogP contribution in [0.3, 0.4) is 0 Å². The van der Waals surface area contributed by atoms with Crippen LogP contribution in [0.2, 0.25) is 0 Å². The number of phenolic OH excluding ortho intramolecular Hbond substituents is 1. The fraction of sp³-hybridized carbons (Fsp3) is 0.455. The summed E-state index contributed by atoms with van der Waals surface area (Å²) in [5.41, 5.74) is 8.29. The Kier molecular flexibility index (Phi) is 5.66. The van der Waals surface area contributed by atoms with Gasteiger partial charge >= 0.3 is 0 Å². The lowest BCUT2D eigenvalue weighted by Gasteiger charge is -2.13. The van der Waals surface area contributed by atoms with Gasteiger partial charge in [-0.15, -0.1) is 0 Å². The van der Waals surface area contributed by atoms with Gasteiger partial charge in [0.25, 0.3) is 0 Å². The largest absolute Gasteiger partial charge is 0.507 e. The van der Waals surface area contributed by atoms with E-state index in [1.165, 1.54) is 27.8 Å². The highest BCUT2D eigenvalue weighted by atomic mass is 16.6. The molecule has 2 aromatic carbocycles. The Labute approximate surface area is 155 Å². The molecule has 4 nitrogen and oxygen atoms in total. The Morgan fingerprint density at radius 3 is 1.81 bits per heavy atom. The molecule has 2 N–H and O–H groups in total. The first kappa shape index (κ1) is 18.9. The first-order valence-electron chi connectivity index (χ1n) is 9.13. The third-order valence-corrected chi connectivity index (χ3v) is 5.06. The fourth-order valence-corrected chi connectivity index (χ4v) is 3.04. The summed E-state index contributed by atoms with van der Waals surface area (Å²) >= 11 is 0. The van der Waals surface area contributed by atoms with E-state index in [1.54, 1.807) is 0 Å². The van der Waals surface area contributed by atoms with Crippen LogP contribution in [0.25, 0.3) is 11.1 Å². The molecule has 0 bridgehead atoms. The maximum atomic E-state index is 9.94. The molecule has 26 heavy (non-hydrogen) atoms. The number of aromatic hydroxyl groups is 1. The van der Waals surface area contributed by atoms with Gasteiger partial charge in [0.2, 0.25) is 0 Å². The van der Waals surface area contributed by atoms with Crippen LogP contribution >= 0.6 is 0 Å². The van der Waals surface area contributed by atoms with Crippen molar-refractivity contribution in [2.75, 3.05) is 19.8 Å². The molecule has 2 aliphatic heterocycles. The number of ether oxygens (including phenoxy) is 2. The van der Waals surface area contributed by atoms with Gasteiger partial charge in [-0.05, 0) is 78.8 Å². The van der Waals surface area contributed by atoms with E-state index < -0.39 is 0 Å². The van der Waals surface area contributed by atoms with E-state index in [4.69, 9.17) is 9.84 Å². The van der Waals surface area contributed by atoms with Gasteiger partial charge < -0.3 is 19.7 Å². The maximum absolute atomic E-state index is 9.94. The molecule has 2 fully saturated rings.